The molecule has 2 atom stereocenters. The van der Waals surface area contributed by atoms with Gasteiger partial charge >= 0.3 is 0 Å². The molecule has 0 bridgehead atoms. The number of amides is 1. The first kappa shape index (κ1) is 21.0. The summed E-state index contributed by atoms with van der Waals surface area (Å²) in [4.78, 5) is 15.2. The number of nitrogens with two attached hydrogens (primary N) is 1. The molecule has 0 aromatic heterocycles. The monoisotopic (exact) mass is 432 g/mol. The van der Waals surface area contributed by atoms with Gasteiger partial charge in [0.05, 0.1) is 12.8 Å². The van der Waals surface area contributed by atoms with Crippen molar-refractivity contribution in [2.24, 2.45) is 0 Å². The number of carbonyl (C=O) groups is 1. The molecule has 158 valence electrons. The van der Waals surface area contributed by atoms with Gasteiger partial charge in [-0.2, -0.15) is 0 Å². The minimum absolute atomic E-state index is 0.00139. The third-order valence-corrected chi connectivity index (χ3v) is 6.20. The highest BCUT2D eigenvalue weighted by Gasteiger charge is 2.41. The molecule has 0 saturated carbocycles. The van der Waals surface area contributed by atoms with E-state index in [1.54, 1.807) is 13.2 Å². The van der Waals surface area contributed by atoms with Gasteiger partial charge in [-0.1, -0.05) is 42.5 Å². The van der Waals surface area contributed by atoms with Crippen LogP contribution in [0.1, 0.15) is 23.5 Å². The number of rotatable bonds is 6. The average molecular weight is 433 g/mol. The van der Waals surface area contributed by atoms with Crippen LogP contribution in [0.25, 0.3) is 16.8 Å². The Bertz CT molecular complexity index is 1150. The van der Waals surface area contributed by atoms with Crippen LogP contribution >= 0.6 is 11.6 Å². The predicted octanol–water partition coefficient (Wildman–Crippen LogP) is 5.76. The van der Waals surface area contributed by atoms with Crippen LogP contribution in [0.4, 0.5) is 11.4 Å². The quantitative estimate of drug-likeness (QED) is 0.233. The summed E-state index contributed by atoms with van der Waals surface area (Å²) in [5, 5.41) is 2.03. The summed E-state index contributed by atoms with van der Waals surface area (Å²) in [6.45, 7) is 3.90. The Morgan fingerprint density at radius 2 is 1.90 bits per heavy atom. The van der Waals surface area contributed by atoms with E-state index < -0.39 is 0 Å². The fourth-order valence-electron chi connectivity index (χ4n) is 4.42. The number of benzene rings is 3. The van der Waals surface area contributed by atoms with Gasteiger partial charge in [-0.05, 0) is 47.2 Å². The highest BCUT2D eigenvalue weighted by molar-refractivity contribution is 6.19. The van der Waals surface area contributed by atoms with Crippen LogP contribution in [-0.4, -0.2) is 24.9 Å². The second kappa shape index (κ2) is 8.86. The lowest BCUT2D eigenvalue weighted by atomic mass is 9.90. The van der Waals surface area contributed by atoms with Gasteiger partial charge in [0.2, 0.25) is 0 Å². The molecule has 3 aromatic rings. The maximum atomic E-state index is 13.4. The van der Waals surface area contributed by atoms with Crippen LogP contribution in [0.15, 0.2) is 73.3 Å². The van der Waals surface area contributed by atoms with Crippen LogP contribution in [0.2, 0.25) is 0 Å². The first-order chi connectivity index (χ1) is 15.1. The zero-order valence-corrected chi connectivity index (χ0v) is 18.2. The van der Waals surface area contributed by atoms with Gasteiger partial charge < -0.3 is 15.4 Å². The second-order valence-corrected chi connectivity index (χ2v) is 7.92. The molecule has 4 rings (SSSR count). The average Bonchev–Trinajstić information content (AvgIpc) is 3.11. The van der Waals surface area contributed by atoms with Crippen molar-refractivity contribution in [2.45, 2.75) is 18.4 Å². The molecule has 0 aliphatic carbocycles. The van der Waals surface area contributed by atoms with Crippen molar-refractivity contribution in [3.8, 4) is 5.75 Å². The Morgan fingerprint density at radius 1 is 1.19 bits per heavy atom. The summed E-state index contributed by atoms with van der Waals surface area (Å²) in [5.41, 5.74) is 9.85. The number of nitrogens with zero attached hydrogens (tertiary/aromatic N) is 1. The number of nitrogen functional groups attached to an aromatic ring is 1. The van der Waals surface area contributed by atoms with E-state index >= 15 is 0 Å². The zero-order chi connectivity index (χ0) is 22.0. The standard InChI is InChI=1S/C26H25ClN2O2/c1-3-6-23-21(16-27)26-20-8-5-4-7-19(20)22(28)15-24(26)29(23)25(30)14-11-17-9-12-18(31-2)13-10-17/h3-5,7-15,21,23H,1,6,16,28H2,2H3. The first-order valence-corrected chi connectivity index (χ1v) is 10.8. The van der Waals surface area contributed by atoms with Crippen molar-refractivity contribution in [1.82, 2.24) is 0 Å². The lowest BCUT2D eigenvalue weighted by Gasteiger charge is -2.26. The molecule has 31 heavy (non-hydrogen) atoms. The van der Waals surface area contributed by atoms with Gasteiger partial charge in [0, 0.05) is 35.0 Å². The molecule has 2 N–H and O–H groups in total. The number of methoxy groups -OCH3 is 1. The topological polar surface area (TPSA) is 55.6 Å². The maximum Gasteiger partial charge on any atom is 0.251 e. The summed E-state index contributed by atoms with van der Waals surface area (Å²) in [6, 6.07) is 17.4. The van der Waals surface area contributed by atoms with Crippen molar-refractivity contribution in [2.75, 3.05) is 23.6 Å². The highest BCUT2D eigenvalue weighted by Crippen LogP contribution is 2.48. The van der Waals surface area contributed by atoms with Gasteiger partial charge in [-0.25, -0.2) is 0 Å². The van der Waals surface area contributed by atoms with Gasteiger partial charge in [0.25, 0.3) is 5.91 Å². The molecule has 0 spiro atoms. The summed E-state index contributed by atoms with van der Waals surface area (Å²) in [6.07, 6.45) is 5.89. The number of fused-ring (bicyclic) bond motifs is 3. The molecular weight excluding hydrogens is 408 g/mol. The molecular formula is C26H25ClN2O2. The zero-order valence-electron chi connectivity index (χ0n) is 17.4. The summed E-state index contributed by atoms with van der Waals surface area (Å²) in [5.74, 6) is 1.07. The Hall–Kier alpha value is -3.24. The van der Waals surface area contributed by atoms with E-state index in [4.69, 9.17) is 22.1 Å². The molecule has 1 heterocycles. The lowest BCUT2D eigenvalue weighted by molar-refractivity contribution is -0.114. The lowest BCUT2D eigenvalue weighted by Crippen LogP contribution is -2.38. The Balaban J connectivity index is 1.78. The molecule has 4 nitrogen and oxygen atoms in total. The number of hydrogen-bond donors (Lipinski definition) is 1. The number of halogens is 1. The largest absolute Gasteiger partial charge is 0.497 e. The number of anilines is 2. The van der Waals surface area contributed by atoms with Gasteiger partial charge in [0.1, 0.15) is 5.75 Å². The van der Waals surface area contributed by atoms with Crippen LogP contribution in [0.5, 0.6) is 5.75 Å². The number of ether oxygens (including phenoxy) is 1. The smallest absolute Gasteiger partial charge is 0.251 e. The SMILES string of the molecule is C=CCC1C(CCl)c2c(cc(N)c3ccccc23)N1C(=O)C=Cc1ccc(OC)cc1. The molecule has 0 radical (unpaired) electrons. The second-order valence-electron chi connectivity index (χ2n) is 7.61. The van der Waals surface area contributed by atoms with E-state index in [1.807, 2.05) is 65.6 Å². The number of hydrogen-bond acceptors (Lipinski definition) is 3. The van der Waals surface area contributed by atoms with Crippen molar-refractivity contribution in [3.63, 3.8) is 0 Å². The summed E-state index contributed by atoms with van der Waals surface area (Å²) >= 11 is 6.44. The van der Waals surface area contributed by atoms with E-state index in [1.165, 1.54) is 0 Å². The fraction of sp³-hybridized carbons (Fsp3) is 0.192. The molecule has 2 unspecified atom stereocenters. The molecule has 0 fully saturated rings. The van der Waals surface area contributed by atoms with Gasteiger partial charge in [-0.15, -0.1) is 18.2 Å². The molecule has 1 aliphatic rings. The normalized spacial score (nSPS) is 17.8. The van der Waals surface area contributed by atoms with E-state index in [-0.39, 0.29) is 17.9 Å². The molecule has 1 amide bonds. The Morgan fingerprint density at radius 3 is 2.55 bits per heavy atom. The predicted molar refractivity (Wildman–Crippen MR) is 130 cm³/mol. The van der Waals surface area contributed by atoms with Crippen LogP contribution in [-0.2, 0) is 4.79 Å². The third kappa shape index (κ3) is 3.79. The van der Waals surface area contributed by atoms with Gasteiger partial charge in [-0.3, -0.25) is 4.79 Å². The van der Waals surface area contributed by atoms with E-state index in [0.29, 0.717) is 18.0 Å². The van der Waals surface area contributed by atoms with Crippen LogP contribution in [0.3, 0.4) is 0 Å². The molecule has 5 heteroatoms. The maximum absolute atomic E-state index is 13.4. The van der Waals surface area contributed by atoms with Crippen LogP contribution < -0.4 is 15.4 Å². The minimum atomic E-state index is -0.108. The highest BCUT2D eigenvalue weighted by atomic mass is 35.5. The van der Waals surface area contributed by atoms with E-state index in [0.717, 1.165) is 33.3 Å². The van der Waals surface area contributed by atoms with E-state index in [2.05, 4.69) is 12.6 Å². The number of carbonyl (C=O) groups excluding carboxylic acids is 1. The molecule has 1 aliphatic heterocycles. The van der Waals surface area contributed by atoms with Gasteiger partial charge in [0.15, 0.2) is 0 Å². The van der Waals surface area contributed by atoms with Crippen molar-refractivity contribution in [1.29, 1.82) is 0 Å². The summed E-state index contributed by atoms with van der Waals surface area (Å²) < 4.78 is 5.19. The minimum Gasteiger partial charge on any atom is -0.497 e. The molecule has 3 aromatic carbocycles. The fourth-order valence-corrected chi connectivity index (χ4v) is 4.78. The molecule has 0 saturated heterocycles. The summed E-state index contributed by atoms with van der Waals surface area (Å²) in [7, 11) is 1.63. The van der Waals surface area contributed by atoms with Crippen LogP contribution in [0, 0.1) is 0 Å². The Labute approximate surface area is 187 Å². The van der Waals surface area contributed by atoms with Crippen molar-refractivity contribution in [3.05, 3.63) is 84.5 Å². The van der Waals surface area contributed by atoms with E-state index in [9.17, 15) is 4.79 Å². The Kier molecular flexibility index (Phi) is 6.01. The number of alkyl halides is 1. The third-order valence-electron chi connectivity index (χ3n) is 5.87. The van der Waals surface area contributed by atoms with Crippen molar-refractivity contribution >= 4 is 45.7 Å². The first-order valence-electron chi connectivity index (χ1n) is 10.2. The van der Waals surface area contributed by atoms with Crippen molar-refractivity contribution < 1.29 is 9.53 Å².